The first kappa shape index (κ1) is 22.2. The van der Waals surface area contributed by atoms with Crippen LogP contribution < -0.4 is 14.8 Å². The van der Waals surface area contributed by atoms with Gasteiger partial charge in [0.15, 0.2) is 24.7 Å². The van der Waals surface area contributed by atoms with Gasteiger partial charge in [0.25, 0.3) is 5.91 Å². The Balaban J connectivity index is 1.87. The molecule has 0 aliphatic heterocycles. The number of thiophene rings is 1. The van der Waals surface area contributed by atoms with Gasteiger partial charge in [-0.1, -0.05) is 19.1 Å². The van der Waals surface area contributed by atoms with E-state index in [-0.39, 0.29) is 18.8 Å². The first-order chi connectivity index (χ1) is 14.0. The summed E-state index contributed by atoms with van der Waals surface area (Å²) < 4.78 is 20.4. The summed E-state index contributed by atoms with van der Waals surface area (Å²) in [5, 5.41) is 2.96. The highest BCUT2D eigenvalue weighted by atomic mass is 32.1. The van der Waals surface area contributed by atoms with E-state index in [1.807, 2.05) is 6.92 Å². The third-order valence-corrected chi connectivity index (χ3v) is 4.85. The zero-order chi connectivity index (χ0) is 21.2. The van der Waals surface area contributed by atoms with E-state index in [0.29, 0.717) is 22.9 Å². The molecule has 2 rings (SSSR count). The fourth-order valence-electron chi connectivity index (χ4n) is 2.29. The summed E-state index contributed by atoms with van der Waals surface area (Å²) in [6.45, 7) is 3.00. The number of aryl methyl sites for hydroxylation is 1. The molecule has 1 aromatic carbocycles. The molecule has 0 saturated heterocycles. The minimum absolute atomic E-state index is 0.230. The lowest BCUT2D eigenvalue weighted by atomic mass is 10.2. The Kier molecular flexibility index (Phi) is 8.47. The number of anilines is 1. The van der Waals surface area contributed by atoms with E-state index in [9.17, 15) is 14.4 Å². The average Bonchev–Trinajstić information content (AvgIpc) is 3.14. The van der Waals surface area contributed by atoms with Crippen molar-refractivity contribution >= 4 is 34.2 Å². The summed E-state index contributed by atoms with van der Waals surface area (Å²) in [5.41, 5.74) is 0.285. The predicted molar refractivity (Wildman–Crippen MR) is 108 cm³/mol. The summed E-state index contributed by atoms with van der Waals surface area (Å²) in [5.74, 6) is -0.918. The molecule has 0 aliphatic carbocycles. The van der Waals surface area contributed by atoms with Gasteiger partial charge in [-0.2, -0.15) is 0 Å². The lowest BCUT2D eigenvalue weighted by molar-refractivity contribution is -0.149. The molecule has 2 aromatic rings. The van der Waals surface area contributed by atoms with Crippen LogP contribution in [-0.4, -0.2) is 44.8 Å². The van der Waals surface area contributed by atoms with E-state index < -0.39 is 24.5 Å². The van der Waals surface area contributed by atoms with Gasteiger partial charge in [-0.05, 0) is 31.5 Å². The summed E-state index contributed by atoms with van der Waals surface area (Å²) in [6, 6.07) is 8.54. The van der Waals surface area contributed by atoms with Crippen molar-refractivity contribution in [3.63, 3.8) is 0 Å². The fourth-order valence-corrected chi connectivity index (χ4v) is 3.30. The summed E-state index contributed by atoms with van der Waals surface area (Å²) in [4.78, 5) is 36.9. The molecule has 1 N–H and O–H groups in total. The minimum atomic E-state index is -0.711. The van der Waals surface area contributed by atoms with Gasteiger partial charge in [-0.3, -0.25) is 4.79 Å². The number of amides is 1. The first-order valence-corrected chi connectivity index (χ1v) is 9.81. The van der Waals surface area contributed by atoms with E-state index in [4.69, 9.17) is 18.9 Å². The van der Waals surface area contributed by atoms with Crippen LogP contribution in [0.3, 0.4) is 0 Å². The topological polar surface area (TPSA) is 100 Å². The number of hydrogen-bond acceptors (Lipinski definition) is 8. The maximum absolute atomic E-state index is 12.1. The van der Waals surface area contributed by atoms with E-state index in [1.165, 1.54) is 18.4 Å². The maximum Gasteiger partial charge on any atom is 0.344 e. The van der Waals surface area contributed by atoms with Crippen molar-refractivity contribution in [2.24, 2.45) is 0 Å². The number of rotatable bonds is 10. The van der Waals surface area contributed by atoms with Crippen LogP contribution in [0.15, 0.2) is 30.3 Å². The summed E-state index contributed by atoms with van der Waals surface area (Å²) >= 11 is 1.28. The van der Waals surface area contributed by atoms with Crippen molar-refractivity contribution in [1.29, 1.82) is 0 Å². The first-order valence-electron chi connectivity index (χ1n) is 8.99. The highest BCUT2D eigenvalue weighted by Crippen LogP contribution is 2.29. The number of esters is 2. The van der Waals surface area contributed by atoms with Gasteiger partial charge >= 0.3 is 11.9 Å². The molecule has 156 valence electrons. The number of hydrogen-bond donors (Lipinski definition) is 1. The molecule has 0 aliphatic rings. The molecular weight excluding hydrogens is 398 g/mol. The molecular formula is C20H23NO7S. The van der Waals surface area contributed by atoms with Crippen LogP contribution in [0.2, 0.25) is 0 Å². The summed E-state index contributed by atoms with van der Waals surface area (Å²) in [7, 11) is 1.49. The number of ether oxygens (including phenoxy) is 4. The normalized spacial score (nSPS) is 10.2. The van der Waals surface area contributed by atoms with Crippen LogP contribution in [0, 0.1) is 0 Å². The predicted octanol–water partition coefficient (Wildman–Crippen LogP) is 3.06. The van der Waals surface area contributed by atoms with Crippen molar-refractivity contribution in [2.75, 3.05) is 32.2 Å². The van der Waals surface area contributed by atoms with Gasteiger partial charge in [0.2, 0.25) is 0 Å². The SMILES string of the molecule is CCOC(=O)c1cc(CC)sc1NC(=O)COC(=O)COc1ccccc1OC. The van der Waals surface area contributed by atoms with Crippen molar-refractivity contribution in [3.8, 4) is 11.5 Å². The fraction of sp³-hybridized carbons (Fsp3) is 0.350. The zero-order valence-corrected chi connectivity index (χ0v) is 17.3. The third kappa shape index (κ3) is 6.49. The highest BCUT2D eigenvalue weighted by Gasteiger charge is 2.19. The Bertz CT molecular complexity index is 862. The van der Waals surface area contributed by atoms with Crippen LogP contribution in [0.1, 0.15) is 29.1 Å². The molecule has 0 atom stereocenters. The second kappa shape index (κ2) is 11.1. The van der Waals surface area contributed by atoms with Gasteiger partial charge in [0.05, 0.1) is 19.3 Å². The van der Waals surface area contributed by atoms with E-state index in [0.717, 1.165) is 4.88 Å². The maximum atomic E-state index is 12.1. The van der Waals surface area contributed by atoms with Crippen LogP contribution in [0.4, 0.5) is 5.00 Å². The van der Waals surface area contributed by atoms with Crippen LogP contribution in [0.5, 0.6) is 11.5 Å². The van der Waals surface area contributed by atoms with Crippen LogP contribution >= 0.6 is 11.3 Å². The van der Waals surface area contributed by atoms with Crippen molar-refractivity contribution in [2.45, 2.75) is 20.3 Å². The number of carbonyl (C=O) groups is 3. The lowest BCUT2D eigenvalue weighted by Gasteiger charge is -2.10. The molecule has 29 heavy (non-hydrogen) atoms. The molecule has 0 unspecified atom stereocenters. The van der Waals surface area contributed by atoms with Gasteiger partial charge in [0, 0.05) is 4.88 Å². The van der Waals surface area contributed by atoms with E-state index in [2.05, 4.69) is 5.32 Å². The molecule has 0 saturated carbocycles. The molecule has 1 aromatic heterocycles. The molecule has 8 nitrogen and oxygen atoms in total. The van der Waals surface area contributed by atoms with E-state index in [1.54, 1.807) is 37.3 Å². The quantitative estimate of drug-likeness (QED) is 0.589. The number of carbonyl (C=O) groups excluding carboxylic acids is 3. The molecule has 1 heterocycles. The van der Waals surface area contributed by atoms with Crippen molar-refractivity contribution in [3.05, 3.63) is 40.8 Å². The van der Waals surface area contributed by atoms with Gasteiger partial charge < -0.3 is 24.3 Å². The average molecular weight is 421 g/mol. The number of benzene rings is 1. The standard InChI is InChI=1S/C20H23NO7S/c1-4-13-10-14(20(24)26-5-2)19(29-13)21-17(22)11-28-18(23)12-27-16-9-7-6-8-15(16)25-3/h6-10H,4-5,11-12H2,1-3H3,(H,21,22). The molecule has 0 radical (unpaired) electrons. The Morgan fingerprint density at radius 3 is 2.41 bits per heavy atom. The van der Waals surface area contributed by atoms with Gasteiger partial charge in [-0.15, -0.1) is 11.3 Å². The number of para-hydroxylation sites is 2. The summed E-state index contributed by atoms with van der Waals surface area (Å²) in [6.07, 6.45) is 0.711. The number of methoxy groups -OCH3 is 1. The highest BCUT2D eigenvalue weighted by molar-refractivity contribution is 7.16. The van der Waals surface area contributed by atoms with Crippen molar-refractivity contribution in [1.82, 2.24) is 0 Å². The van der Waals surface area contributed by atoms with Crippen LogP contribution in [-0.2, 0) is 25.5 Å². The second-order valence-corrected chi connectivity index (χ2v) is 6.81. The molecule has 0 bridgehead atoms. The van der Waals surface area contributed by atoms with E-state index >= 15 is 0 Å². The zero-order valence-electron chi connectivity index (χ0n) is 16.5. The Labute approximate surface area is 172 Å². The molecule has 0 fully saturated rings. The van der Waals surface area contributed by atoms with Gasteiger partial charge in [0.1, 0.15) is 5.00 Å². The smallest absolute Gasteiger partial charge is 0.344 e. The number of nitrogens with one attached hydrogen (secondary N) is 1. The monoisotopic (exact) mass is 421 g/mol. The Morgan fingerprint density at radius 2 is 1.76 bits per heavy atom. The van der Waals surface area contributed by atoms with Crippen LogP contribution in [0.25, 0.3) is 0 Å². The minimum Gasteiger partial charge on any atom is -0.493 e. The molecule has 1 amide bonds. The Morgan fingerprint density at radius 1 is 1.03 bits per heavy atom. The second-order valence-electron chi connectivity index (χ2n) is 5.68. The molecule has 9 heteroatoms. The lowest BCUT2D eigenvalue weighted by Crippen LogP contribution is -2.24. The van der Waals surface area contributed by atoms with Gasteiger partial charge in [-0.25, -0.2) is 9.59 Å². The third-order valence-electron chi connectivity index (χ3n) is 3.66. The van der Waals surface area contributed by atoms with Crippen molar-refractivity contribution < 1.29 is 33.3 Å². The molecule has 0 spiro atoms. The largest absolute Gasteiger partial charge is 0.493 e. The Hall–Kier alpha value is -3.07.